The van der Waals surface area contributed by atoms with Crippen molar-refractivity contribution in [3.63, 3.8) is 0 Å². The smallest absolute Gasteiger partial charge is 0.304 e. The summed E-state index contributed by atoms with van der Waals surface area (Å²) in [5.74, 6) is -0.583. The summed E-state index contributed by atoms with van der Waals surface area (Å²) in [6.07, 6.45) is 8.03. The monoisotopic (exact) mass is 296 g/mol. The Bertz CT molecular complexity index is 367. The number of hydrogen-bond donors (Lipinski definition) is 1. The van der Waals surface area contributed by atoms with Gasteiger partial charge in [-0.2, -0.15) is 0 Å². The first kappa shape index (κ1) is 16.3. The van der Waals surface area contributed by atoms with Gasteiger partial charge in [-0.15, -0.1) is 0 Å². The molecule has 1 aliphatic heterocycles. The van der Waals surface area contributed by atoms with Crippen LogP contribution in [0.5, 0.6) is 0 Å². The minimum Gasteiger partial charge on any atom is -0.481 e. The lowest BCUT2D eigenvalue weighted by Gasteiger charge is -2.35. The van der Waals surface area contributed by atoms with Crippen molar-refractivity contribution in [2.45, 2.75) is 70.4 Å². The van der Waals surface area contributed by atoms with E-state index in [1.165, 1.54) is 19.3 Å². The molecule has 1 aliphatic carbocycles. The number of hydrogen-bond acceptors (Lipinski definition) is 3. The van der Waals surface area contributed by atoms with Crippen LogP contribution in [-0.2, 0) is 9.59 Å². The molecule has 1 saturated heterocycles. The average Bonchev–Trinajstić information content (AvgIpc) is 2.87. The number of aliphatic carboxylic acids is 1. The number of carboxylic acid groups (broad SMARTS) is 1. The summed E-state index contributed by atoms with van der Waals surface area (Å²) in [4.78, 5) is 27.6. The summed E-state index contributed by atoms with van der Waals surface area (Å²) in [7, 11) is 0. The van der Waals surface area contributed by atoms with Gasteiger partial charge < -0.3 is 10.0 Å². The fraction of sp³-hybridized carbons (Fsp3) is 0.875. The molecule has 21 heavy (non-hydrogen) atoms. The van der Waals surface area contributed by atoms with E-state index in [9.17, 15) is 9.59 Å². The van der Waals surface area contributed by atoms with Crippen LogP contribution in [0.4, 0.5) is 0 Å². The van der Waals surface area contributed by atoms with Crippen LogP contribution in [0.25, 0.3) is 0 Å². The van der Waals surface area contributed by atoms with Crippen LogP contribution in [0.3, 0.4) is 0 Å². The average molecular weight is 296 g/mol. The minimum atomic E-state index is -0.765. The first-order valence-electron chi connectivity index (χ1n) is 8.37. The number of carbonyl (C=O) groups is 2. The van der Waals surface area contributed by atoms with E-state index in [-0.39, 0.29) is 18.4 Å². The maximum absolute atomic E-state index is 12.6. The molecule has 1 amide bonds. The highest BCUT2D eigenvalue weighted by molar-refractivity contribution is 5.78. The van der Waals surface area contributed by atoms with E-state index in [4.69, 9.17) is 5.11 Å². The highest BCUT2D eigenvalue weighted by Crippen LogP contribution is 2.24. The number of carbonyl (C=O) groups excluding carboxylic acids is 1. The molecular formula is C16H28N2O3. The van der Waals surface area contributed by atoms with Crippen molar-refractivity contribution in [2.75, 3.05) is 19.6 Å². The lowest BCUT2D eigenvalue weighted by molar-refractivity contribution is -0.140. The third-order valence-corrected chi connectivity index (χ3v) is 4.92. The molecular weight excluding hydrogens is 268 g/mol. The SMILES string of the molecule is CCN(C(=O)CN1CCCC1CC(=O)O)C1CCCCC1. The zero-order chi connectivity index (χ0) is 15.2. The normalized spacial score (nSPS) is 24.1. The standard InChI is InChI=1S/C16H28N2O3/c1-2-18(13-7-4-3-5-8-13)15(19)12-17-10-6-9-14(17)11-16(20)21/h13-14H,2-12H2,1H3,(H,20,21). The Balaban J connectivity index is 1.90. The molecule has 1 heterocycles. The molecule has 0 radical (unpaired) electrons. The molecule has 2 rings (SSSR count). The van der Waals surface area contributed by atoms with Crippen molar-refractivity contribution >= 4 is 11.9 Å². The van der Waals surface area contributed by atoms with Gasteiger partial charge in [-0.05, 0) is 39.2 Å². The molecule has 0 bridgehead atoms. The second kappa shape index (κ2) is 7.78. The Labute approximate surface area is 127 Å². The molecule has 5 nitrogen and oxygen atoms in total. The predicted molar refractivity (Wildman–Crippen MR) is 81.1 cm³/mol. The molecule has 0 aromatic carbocycles. The molecule has 0 aromatic rings. The summed E-state index contributed by atoms with van der Waals surface area (Å²) in [6.45, 7) is 4.06. The molecule has 2 fully saturated rings. The van der Waals surface area contributed by atoms with E-state index < -0.39 is 5.97 Å². The molecule has 1 atom stereocenters. The maximum Gasteiger partial charge on any atom is 0.304 e. The zero-order valence-electron chi connectivity index (χ0n) is 13.1. The molecule has 1 unspecified atom stereocenters. The number of nitrogens with zero attached hydrogens (tertiary/aromatic N) is 2. The van der Waals surface area contributed by atoms with Gasteiger partial charge in [0.25, 0.3) is 0 Å². The van der Waals surface area contributed by atoms with Gasteiger partial charge in [-0.3, -0.25) is 14.5 Å². The fourth-order valence-corrected chi connectivity index (χ4v) is 3.83. The van der Waals surface area contributed by atoms with Crippen LogP contribution in [0, 0.1) is 0 Å². The second-order valence-corrected chi connectivity index (χ2v) is 6.34. The van der Waals surface area contributed by atoms with Gasteiger partial charge in [0.15, 0.2) is 0 Å². The molecule has 0 spiro atoms. The van der Waals surface area contributed by atoms with E-state index >= 15 is 0 Å². The van der Waals surface area contributed by atoms with Crippen molar-refractivity contribution in [1.82, 2.24) is 9.80 Å². The quantitative estimate of drug-likeness (QED) is 0.815. The third-order valence-electron chi connectivity index (χ3n) is 4.92. The first-order chi connectivity index (χ1) is 10.1. The summed E-state index contributed by atoms with van der Waals surface area (Å²) < 4.78 is 0. The lowest BCUT2D eigenvalue weighted by Crippen LogP contribution is -2.47. The van der Waals surface area contributed by atoms with Crippen LogP contribution in [0.15, 0.2) is 0 Å². The number of carboxylic acids is 1. The number of likely N-dealkylation sites (N-methyl/N-ethyl adjacent to an activating group) is 1. The van der Waals surface area contributed by atoms with Crippen molar-refractivity contribution < 1.29 is 14.7 Å². The molecule has 1 N–H and O–H groups in total. The van der Waals surface area contributed by atoms with Crippen molar-refractivity contribution in [2.24, 2.45) is 0 Å². The van der Waals surface area contributed by atoms with Crippen molar-refractivity contribution in [1.29, 1.82) is 0 Å². The van der Waals surface area contributed by atoms with E-state index in [0.29, 0.717) is 12.6 Å². The van der Waals surface area contributed by atoms with Gasteiger partial charge in [0.1, 0.15) is 0 Å². The fourth-order valence-electron chi connectivity index (χ4n) is 3.83. The van der Waals surface area contributed by atoms with Gasteiger partial charge in [-0.25, -0.2) is 0 Å². The van der Waals surface area contributed by atoms with Gasteiger partial charge in [0, 0.05) is 18.6 Å². The second-order valence-electron chi connectivity index (χ2n) is 6.34. The molecule has 120 valence electrons. The lowest BCUT2D eigenvalue weighted by atomic mass is 9.94. The summed E-state index contributed by atoms with van der Waals surface area (Å²) in [5, 5.41) is 8.96. The first-order valence-corrected chi connectivity index (χ1v) is 8.37. The number of likely N-dealkylation sites (tertiary alicyclic amines) is 1. The Morgan fingerprint density at radius 1 is 1.14 bits per heavy atom. The van der Waals surface area contributed by atoms with E-state index in [0.717, 1.165) is 38.8 Å². The summed E-state index contributed by atoms with van der Waals surface area (Å²) >= 11 is 0. The van der Waals surface area contributed by atoms with Crippen LogP contribution in [-0.4, -0.2) is 58.5 Å². The highest BCUT2D eigenvalue weighted by Gasteiger charge is 2.31. The largest absolute Gasteiger partial charge is 0.481 e. The summed E-state index contributed by atoms with van der Waals surface area (Å²) in [5.41, 5.74) is 0. The Morgan fingerprint density at radius 3 is 2.48 bits per heavy atom. The number of rotatable bonds is 6. The molecule has 2 aliphatic rings. The highest BCUT2D eigenvalue weighted by atomic mass is 16.4. The zero-order valence-corrected chi connectivity index (χ0v) is 13.1. The van der Waals surface area contributed by atoms with Crippen molar-refractivity contribution in [3.05, 3.63) is 0 Å². The third kappa shape index (κ3) is 4.43. The van der Waals surface area contributed by atoms with Gasteiger partial charge >= 0.3 is 5.97 Å². The topological polar surface area (TPSA) is 60.9 Å². The Hall–Kier alpha value is -1.10. The molecule has 5 heteroatoms. The Kier molecular flexibility index (Phi) is 6.03. The molecule has 0 aromatic heterocycles. The Morgan fingerprint density at radius 2 is 1.86 bits per heavy atom. The van der Waals surface area contributed by atoms with Crippen molar-refractivity contribution in [3.8, 4) is 0 Å². The minimum absolute atomic E-state index is 0.0384. The van der Waals surface area contributed by atoms with Crippen LogP contribution in [0.1, 0.15) is 58.3 Å². The van der Waals surface area contributed by atoms with Crippen LogP contribution < -0.4 is 0 Å². The van der Waals surface area contributed by atoms with Gasteiger partial charge in [0.2, 0.25) is 5.91 Å². The number of amides is 1. The van der Waals surface area contributed by atoms with E-state index in [2.05, 4.69) is 4.90 Å². The molecule has 1 saturated carbocycles. The van der Waals surface area contributed by atoms with E-state index in [1.807, 2.05) is 11.8 Å². The van der Waals surface area contributed by atoms with Crippen LogP contribution >= 0.6 is 0 Å². The maximum atomic E-state index is 12.6. The van der Waals surface area contributed by atoms with Gasteiger partial charge in [0.05, 0.1) is 13.0 Å². The predicted octanol–water partition coefficient (Wildman–Crippen LogP) is 2.11. The van der Waals surface area contributed by atoms with Gasteiger partial charge in [-0.1, -0.05) is 19.3 Å². The summed E-state index contributed by atoms with van der Waals surface area (Å²) in [6, 6.07) is 0.438. The van der Waals surface area contributed by atoms with E-state index in [1.54, 1.807) is 0 Å². The van der Waals surface area contributed by atoms with Crippen LogP contribution in [0.2, 0.25) is 0 Å².